The van der Waals surface area contributed by atoms with Crippen LogP contribution in [0.4, 0.5) is 11.4 Å². The molecule has 1 aliphatic heterocycles. The Kier molecular flexibility index (Phi) is 7.28. The molecular formula is C22H29N3O3. The summed E-state index contributed by atoms with van der Waals surface area (Å²) in [4.78, 5) is 15.0. The van der Waals surface area contributed by atoms with Crippen molar-refractivity contribution in [1.82, 2.24) is 4.90 Å². The molecule has 28 heavy (non-hydrogen) atoms. The summed E-state index contributed by atoms with van der Waals surface area (Å²) in [6, 6.07) is 15.3. The van der Waals surface area contributed by atoms with Gasteiger partial charge in [0, 0.05) is 31.5 Å². The van der Waals surface area contributed by atoms with Crippen molar-refractivity contribution in [3.05, 3.63) is 54.1 Å². The number of nitrogens with zero attached hydrogens (tertiary/aromatic N) is 1. The summed E-state index contributed by atoms with van der Waals surface area (Å²) in [6.45, 7) is 2.76. The maximum Gasteiger partial charge on any atom is 0.255 e. The fourth-order valence-corrected chi connectivity index (χ4v) is 3.36. The fraction of sp³-hybridized carbons (Fsp3) is 0.409. The number of methoxy groups -OCH3 is 1. The van der Waals surface area contributed by atoms with Gasteiger partial charge in [-0.2, -0.15) is 0 Å². The van der Waals surface area contributed by atoms with Gasteiger partial charge in [-0.15, -0.1) is 0 Å². The number of carbonyl (C=O) groups excluding carboxylic acids is 1. The van der Waals surface area contributed by atoms with Gasteiger partial charge < -0.3 is 25.4 Å². The molecule has 0 radical (unpaired) electrons. The molecule has 6 nitrogen and oxygen atoms in total. The van der Waals surface area contributed by atoms with Crippen molar-refractivity contribution in [3.63, 3.8) is 0 Å². The molecule has 0 aromatic heterocycles. The summed E-state index contributed by atoms with van der Waals surface area (Å²) in [5, 5.41) is 3.35. The minimum absolute atomic E-state index is 0.0476. The van der Waals surface area contributed by atoms with E-state index in [4.69, 9.17) is 15.2 Å². The summed E-state index contributed by atoms with van der Waals surface area (Å²) >= 11 is 0. The maximum atomic E-state index is 13.1. The monoisotopic (exact) mass is 383 g/mol. The molecule has 1 aliphatic rings. The first-order chi connectivity index (χ1) is 13.7. The Bertz CT molecular complexity index is 773. The van der Waals surface area contributed by atoms with Crippen LogP contribution in [0.15, 0.2) is 48.5 Å². The van der Waals surface area contributed by atoms with Crippen molar-refractivity contribution in [3.8, 4) is 5.75 Å². The molecule has 1 saturated heterocycles. The first-order valence-electron chi connectivity index (χ1n) is 9.82. The molecule has 0 unspecified atom stereocenters. The lowest BCUT2D eigenvalue weighted by Gasteiger charge is -2.32. The maximum absolute atomic E-state index is 13.1. The van der Waals surface area contributed by atoms with Gasteiger partial charge in [0.05, 0.1) is 24.5 Å². The van der Waals surface area contributed by atoms with Crippen molar-refractivity contribution in [2.75, 3.05) is 38.7 Å². The molecule has 0 atom stereocenters. The number of likely N-dealkylation sites (tertiary alicyclic amines) is 1. The van der Waals surface area contributed by atoms with Crippen LogP contribution in [0, 0.1) is 0 Å². The Morgan fingerprint density at radius 1 is 1.18 bits per heavy atom. The van der Waals surface area contributed by atoms with Crippen molar-refractivity contribution >= 4 is 17.3 Å². The number of benzene rings is 2. The van der Waals surface area contributed by atoms with E-state index in [9.17, 15) is 4.79 Å². The SMILES string of the molecule is COc1cccc(Nc2ccccc2C(=O)N2CCC(OCCCN)CC2)c1. The van der Waals surface area contributed by atoms with Gasteiger partial charge in [-0.05, 0) is 50.1 Å². The summed E-state index contributed by atoms with van der Waals surface area (Å²) in [7, 11) is 1.64. The van der Waals surface area contributed by atoms with Crippen LogP contribution in [0.3, 0.4) is 0 Å². The minimum Gasteiger partial charge on any atom is -0.497 e. The third-order valence-electron chi connectivity index (χ3n) is 4.94. The highest BCUT2D eigenvalue weighted by molar-refractivity contribution is 6.00. The second kappa shape index (κ2) is 10.1. The topological polar surface area (TPSA) is 76.8 Å². The van der Waals surface area contributed by atoms with Crippen LogP contribution in [0.1, 0.15) is 29.6 Å². The zero-order valence-corrected chi connectivity index (χ0v) is 16.4. The lowest BCUT2D eigenvalue weighted by molar-refractivity contribution is 0.00847. The Morgan fingerprint density at radius 3 is 2.71 bits per heavy atom. The highest BCUT2D eigenvalue weighted by atomic mass is 16.5. The van der Waals surface area contributed by atoms with Gasteiger partial charge in [0.1, 0.15) is 5.75 Å². The van der Waals surface area contributed by atoms with E-state index in [2.05, 4.69) is 5.32 Å². The largest absolute Gasteiger partial charge is 0.497 e. The van der Waals surface area contributed by atoms with Crippen molar-refractivity contribution in [1.29, 1.82) is 0 Å². The average Bonchev–Trinajstić information content (AvgIpc) is 2.74. The van der Waals surface area contributed by atoms with E-state index in [1.165, 1.54) is 0 Å². The molecule has 3 rings (SSSR count). The first-order valence-corrected chi connectivity index (χ1v) is 9.82. The normalized spacial score (nSPS) is 14.7. The third-order valence-corrected chi connectivity index (χ3v) is 4.94. The standard InChI is InChI=1S/C22H29N3O3/c1-27-19-7-4-6-17(16-19)24-21-9-3-2-8-20(21)22(26)25-13-10-18(11-14-25)28-15-5-12-23/h2-4,6-9,16,18,24H,5,10-15,23H2,1H3. The molecule has 6 heteroatoms. The van der Waals surface area contributed by atoms with E-state index in [1.807, 2.05) is 53.4 Å². The number of rotatable bonds is 8. The molecule has 2 aromatic rings. The van der Waals surface area contributed by atoms with E-state index < -0.39 is 0 Å². The highest BCUT2D eigenvalue weighted by Crippen LogP contribution is 2.26. The molecule has 1 fully saturated rings. The van der Waals surface area contributed by atoms with E-state index >= 15 is 0 Å². The van der Waals surface area contributed by atoms with Crippen LogP contribution in [0.2, 0.25) is 0 Å². The Balaban J connectivity index is 1.64. The van der Waals surface area contributed by atoms with Gasteiger partial charge in [0.25, 0.3) is 5.91 Å². The van der Waals surface area contributed by atoms with Gasteiger partial charge in [-0.1, -0.05) is 18.2 Å². The van der Waals surface area contributed by atoms with Crippen molar-refractivity contribution in [2.24, 2.45) is 5.73 Å². The van der Waals surface area contributed by atoms with Crippen LogP contribution in [-0.4, -0.2) is 50.3 Å². The van der Waals surface area contributed by atoms with Gasteiger partial charge in [0.15, 0.2) is 0 Å². The van der Waals surface area contributed by atoms with E-state index in [-0.39, 0.29) is 12.0 Å². The average molecular weight is 383 g/mol. The van der Waals surface area contributed by atoms with E-state index in [1.54, 1.807) is 7.11 Å². The second-order valence-corrected chi connectivity index (χ2v) is 6.91. The highest BCUT2D eigenvalue weighted by Gasteiger charge is 2.25. The lowest BCUT2D eigenvalue weighted by Crippen LogP contribution is -2.41. The van der Waals surface area contributed by atoms with Crippen LogP contribution in [0.25, 0.3) is 0 Å². The number of para-hydroxylation sites is 1. The number of nitrogens with two attached hydrogens (primary N) is 1. The Hall–Kier alpha value is -2.57. The van der Waals surface area contributed by atoms with Crippen molar-refractivity contribution < 1.29 is 14.3 Å². The van der Waals surface area contributed by atoms with Crippen LogP contribution in [-0.2, 0) is 4.74 Å². The number of piperidine rings is 1. The molecule has 3 N–H and O–H groups in total. The summed E-state index contributed by atoms with van der Waals surface area (Å²) in [6.07, 6.45) is 2.83. The van der Waals surface area contributed by atoms with E-state index in [0.29, 0.717) is 31.8 Å². The molecule has 0 spiro atoms. The number of nitrogens with one attached hydrogen (secondary N) is 1. The van der Waals surface area contributed by atoms with Crippen molar-refractivity contribution in [2.45, 2.75) is 25.4 Å². The van der Waals surface area contributed by atoms with Crippen LogP contribution < -0.4 is 15.8 Å². The Morgan fingerprint density at radius 2 is 1.96 bits per heavy atom. The summed E-state index contributed by atoms with van der Waals surface area (Å²) in [5.41, 5.74) is 7.86. The van der Waals surface area contributed by atoms with Gasteiger partial charge >= 0.3 is 0 Å². The molecular weight excluding hydrogens is 354 g/mol. The van der Waals surface area contributed by atoms with Crippen LogP contribution in [0.5, 0.6) is 5.75 Å². The van der Waals surface area contributed by atoms with Gasteiger partial charge in [-0.3, -0.25) is 4.79 Å². The number of carbonyl (C=O) groups is 1. The molecule has 150 valence electrons. The molecule has 2 aromatic carbocycles. The van der Waals surface area contributed by atoms with E-state index in [0.717, 1.165) is 36.4 Å². The number of hydrogen-bond donors (Lipinski definition) is 2. The molecule has 1 amide bonds. The molecule has 0 aliphatic carbocycles. The predicted octanol–water partition coefficient (Wildman–Crippen LogP) is 3.41. The quantitative estimate of drug-likeness (QED) is 0.683. The van der Waals surface area contributed by atoms with Gasteiger partial charge in [0.2, 0.25) is 0 Å². The minimum atomic E-state index is 0.0476. The zero-order chi connectivity index (χ0) is 19.8. The number of amides is 1. The Labute approximate surface area is 166 Å². The van der Waals surface area contributed by atoms with Crippen LogP contribution >= 0.6 is 0 Å². The smallest absolute Gasteiger partial charge is 0.255 e. The lowest BCUT2D eigenvalue weighted by atomic mass is 10.1. The second-order valence-electron chi connectivity index (χ2n) is 6.91. The number of hydrogen-bond acceptors (Lipinski definition) is 5. The van der Waals surface area contributed by atoms with Gasteiger partial charge in [-0.25, -0.2) is 0 Å². The summed E-state index contributed by atoms with van der Waals surface area (Å²) < 4.78 is 11.1. The third kappa shape index (κ3) is 5.24. The predicted molar refractivity (Wildman–Crippen MR) is 111 cm³/mol. The number of anilines is 2. The summed E-state index contributed by atoms with van der Waals surface area (Å²) in [5.74, 6) is 0.817. The molecule has 0 bridgehead atoms. The molecule has 0 saturated carbocycles. The first kappa shape index (κ1) is 20.2. The number of ether oxygens (including phenoxy) is 2. The zero-order valence-electron chi connectivity index (χ0n) is 16.4. The fourth-order valence-electron chi connectivity index (χ4n) is 3.36. The molecule has 1 heterocycles.